The summed E-state index contributed by atoms with van der Waals surface area (Å²) in [7, 11) is 0. The molecule has 3 N–H and O–H groups in total. The Balaban J connectivity index is 1.45. The number of fused-ring (bicyclic) bond motifs is 1. The largest absolute Gasteiger partial charge is 0.490 e. The van der Waals surface area contributed by atoms with Crippen molar-refractivity contribution in [3.8, 4) is 11.5 Å². The molecule has 3 rings (SSSR count). The number of aryl methyl sites for hydroxylation is 2. The van der Waals surface area contributed by atoms with E-state index in [1.54, 1.807) is 0 Å². The first kappa shape index (κ1) is 18.1. The zero-order chi connectivity index (χ0) is 18.4. The number of ether oxygens (including phenoxy) is 2. The van der Waals surface area contributed by atoms with E-state index in [4.69, 9.17) is 9.47 Å². The number of hydrogen-bond acceptors (Lipinski definition) is 4. The number of amides is 2. The van der Waals surface area contributed by atoms with Gasteiger partial charge in [0.25, 0.3) is 0 Å². The van der Waals surface area contributed by atoms with Crippen molar-refractivity contribution >= 4 is 6.03 Å². The van der Waals surface area contributed by atoms with E-state index in [1.807, 2.05) is 38.2 Å². The van der Waals surface area contributed by atoms with Crippen molar-refractivity contribution in [2.24, 2.45) is 0 Å². The average molecular weight is 358 g/mol. The van der Waals surface area contributed by atoms with Crippen LogP contribution in [0.5, 0.6) is 11.5 Å². The molecule has 1 atom stereocenters. The van der Waals surface area contributed by atoms with Crippen LogP contribution in [-0.2, 0) is 6.42 Å². The lowest BCUT2D eigenvalue weighted by molar-refractivity contribution is 0.237. The van der Waals surface area contributed by atoms with Crippen LogP contribution in [0.15, 0.2) is 24.4 Å². The summed E-state index contributed by atoms with van der Waals surface area (Å²) < 4.78 is 11.3. The van der Waals surface area contributed by atoms with Crippen molar-refractivity contribution in [2.75, 3.05) is 19.8 Å². The van der Waals surface area contributed by atoms with Gasteiger partial charge in [0.15, 0.2) is 11.5 Å². The number of H-pyrrole nitrogens is 1. The second-order valence-electron chi connectivity index (χ2n) is 6.50. The Bertz CT molecular complexity index is 744. The van der Waals surface area contributed by atoms with Crippen molar-refractivity contribution in [1.29, 1.82) is 0 Å². The number of rotatable bonds is 6. The number of aromatic nitrogens is 2. The summed E-state index contributed by atoms with van der Waals surface area (Å²) in [4.78, 5) is 12.1. The summed E-state index contributed by atoms with van der Waals surface area (Å²) in [5, 5.41) is 12.8. The summed E-state index contributed by atoms with van der Waals surface area (Å²) in [6.45, 7) is 5.88. The maximum Gasteiger partial charge on any atom is 0.315 e. The summed E-state index contributed by atoms with van der Waals surface area (Å²) in [6.07, 6.45) is 4.46. The molecule has 7 nitrogen and oxygen atoms in total. The molecule has 1 aromatic carbocycles. The quantitative estimate of drug-likeness (QED) is 0.693. The van der Waals surface area contributed by atoms with Gasteiger partial charge in [-0.1, -0.05) is 6.07 Å². The number of carbonyl (C=O) groups is 1. The maximum absolute atomic E-state index is 12.1. The zero-order valence-corrected chi connectivity index (χ0v) is 15.3. The van der Waals surface area contributed by atoms with Crippen LogP contribution in [-0.4, -0.2) is 36.0 Å². The Morgan fingerprint density at radius 3 is 2.88 bits per heavy atom. The Kier molecular flexibility index (Phi) is 5.99. The Hall–Kier alpha value is -2.70. The van der Waals surface area contributed by atoms with E-state index in [9.17, 15) is 4.79 Å². The van der Waals surface area contributed by atoms with Crippen LogP contribution in [0.2, 0.25) is 0 Å². The summed E-state index contributed by atoms with van der Waals surface area (Å²) >= 11 is 0. The maximum atomic E-state index is 12.1. The van der Waals surface area contributed by atoms with Gasteiger partial charge >= 0.3 is 6.03 Å². The van der Waals surface area contributed by atoms with E-state index in [0.29, 0.717) is 19.8 Å². The molecule has 0 radical (unpaired) electrons. The van der Waals surface area contributed by atoms with Crippen LogP contribution in [0.4, 0.5) is 4.79 Å². The van der Waals surface area contributed by atoms with Crippen LogP contribution < -0.4 is 20.1 Å². The van der Waals surface area contributed by atoms with Gasteiger partial charge in [0.05, 0.1) is 25.5 Å². The van der Waals surface area contributed by atoms with Gasteiger partial charge in [0, 0.05) is 18.7 Å². The highest BCUT2D eigenvalue weighted by molar-refractivity contribution is 5.74. The van der Waals surface area contributed by atoms with Gasteiger partial charge in [-0.3, -0.25) is 5.10 Å². The molecule has 2 amide bonds. The van der Waals surface area contributed by atoms with E-state index in [2.05, 4.69) is 20.8 Å². The van der Waals surface area contributed by atoms with Crippen LogP contribution in [0.25, 0.3) is 0 Å². The lowest BCUT2D eigenvalue weighted by atomic mass is 10.1. The highest BCUT2D eigenvalue weighted by Gasteiger charge is 2.15. The first-order valence-electron chi connectivity index (χ1n) is 9.06. The molecular weight excluding hydrogens is 332 g/mol. The predicted molar refractivity (Wildman–Crippen MR) is 98.6 cm³/mol. The number of aromatic amines is 1. The highest BCUT2D eigenvalue weighted by Crippen LogP contribution is 2.32. The fourth-order valence-electron chi connectivity index (χ4n) is 2.89. The number of carbonyl (C=O) groups excluding carboxylic acids is 1. The Morgan fingerprint density at radius 2 is 2.12 bits per heavy atom. The number of urea groups is 1. The second-order valence-corrected chi connectivity index (χ2v) is 6.50. The lowest BCUT2D eigenvalue weighted by Gasteiger charge is -2.17. The number of nitrogens with one attached hydrogen (secondary N) is 3. The minimum absolute atomic E-state index is 0.122. The van der Waals surface area contributed by atoms with Gasteiger partial charge in [0.2, 0.25) is 0 Å². The number of nitrogens with zero attached hydrogens (tertiary/aromatic N) is 1. The van der Waals surface area contributed by atoms with E-state index < -0.39 is 0 Å². The van der Waals surface area contributed by atoms with Crippen molar-refractivity contribution in [3.05, 3.63) is 41.2 Å². The fourth-order valence-corrected chi connectivity index (χ4v) is 2.89. The van der Waals surface area contributed by atoms with Gasteiger partial charge in [-0.15, -0.1) is 0 Å². The number of benzene rings is 1. The fraction of sp³-hybridized carbons (Fsp3) is 0.474. The topological polar surface area (TPSA) is 88.3 Å². The third-order valence-corrected chi connectivity index (χ3v) is 4.46. The van der Waals surface area contributed by atoms with Crippen molar-refractivity contribution < 1.29 is 14.3 Å². The summed E-state index contributed by atoms with van der Waals surface area (Å²) in [5.74, 6) is 1.50. The standard InChI is InChI=1S/C19H26N4O3/c1-13(15-6-7-17-18(11-15)26-10-4-9-25-17)22-19(24)20-8-3-5-16-12-21-23-14(16)2/h6-7,11-13H,3-5,8-10H2,1-2H3,(H,21,23)(H2,20,22,24). The molecule has 0 bridgehead atoms. The zero-order valence-electron chi connectivity index (χ0n) is 15.3. The van der Waals surface area contributed by atoms with Gasteiger partial charge in [-0.05, 0) is 49.9 Å². The van der Waals surface area contributed by atoms with Crippen molar-refractivity contribution in [1.82, 2.24) is 20.8 Å². The smallest absolute Gasteiger partial charge is 0.315 e. The molecule has 1 aliphatic heterocycles. The van der Waals surface area contributed by atoms with Crippen molar-refractivity contribution in [2.45, 2.75) is 39.2 Å². The minimum Gasteiger partial charge on any atom is -0.490 e. The molecule has 1 aromatic heterocycles. The molecule has 0 aliphatic carbocycles. The average Bonchev–Trinajstić information content (AvgIpc) is 2.90. The molecule has 2 heterocycles. The first-order chi connectivity index (χ1) is 12.6. The van der Waals surface area contributed by atoms with E-state index in [-0.39, 0.29) is 12.1 Å². The molecule has 1 aliphatic rings. The lowest BCUT2D eigenvalue weighted by Crippen LogP contribution is -2.37. The molecule has 0 saturated carbocycles. The Morgan fingerprint density at radius 1 is 1.31 bits per heavy atom. The summed E-state index contributed by atoms with van der Waals surface area (Å²) in [5.41, 5.74) is 3.25. The normalized spacial score (nSPS) is 14.4. The van der Waals surface area contributed by atoms with Gasteiger partial charge in [-0.2, -0.15) is 5.10 Å². The first-order valence-corrected chi connectivity index (χ1v) is 9.06. The van der Waals surface area contributed by atoms with Gasteiger partial charge in [-0.25, -0.2) is 4.79 Å². The van der Waals surface area contributed by atoms with E-state index >= 15 is 0 Å². The Labute approximate surface area is 153 Å². The van der Waals surface area contributed by atoms with Crippen LogP contribution in [0, 0.1) is 6.92 Å². The molecule has 7 heteroatoms. The number of hydrogen-bond donors (Lipinski definition) is 3. The third kappa shape index (κ3) is 4.68. The van der Waals surface area contributed by atoms with Crippen molar-refractivity contribution in [3.63, 3.8) is 0 Å². The summed E-state index contributed by atoms with van der Waals surface area (Å²) in [6, 6.07) is 5.50. The third-order valence-electron chi connectivity index (χ3n) is 4.46. The van der Waals surface area contributed by atoms with Crippen LogP contribution >= 0.6 is 0 Å². The van der Waals surface area contributed by atoms with E-state index in [1.165, 1.54) is 5.56 Å². The highest BCUT2D eigenvalue weighted by atomic mass is 16.5. The second kappa shape index (κ2) is 8.60. The van der Waals surface area contributed by atoms with E-state index in [0.717, 1.165) is 42.0 Å². The molecule has 0 saturated heterocycles. The molecule has 26 heavy (non-hydrogen) atoms. The molecule has 140 valence electrons. The molecule has 0 fully saturated rings. The monoisotopic (exact) mass is 358 g/mol. The molecule has 1 unspecified atom stereocenters. The van der Waals surface area contributed by atoms with Gasteiger partial charge in [0.1, 0.15) is 0 Å². The predicted octanol–water partition coefficient (Wildman–Crippen LogP) is 2.87. The van der Waals surface area contributed by atoms with Crippen LogP contribution in [0.3, 0.4) is 0 Å². The molecule has 2 aromatic rings. The van der Waals surface area contributed by atoms with Crippen LogP contribution in [0.1, 0.15) is 42.6 Å². The van der Waals surface area contributed by atoms with Gasteiger partial charge < -0.3 is 20.1 Å². The molecule has 0 spiro atoms. The molecular formula is C19H26N4O3. The minimum atomic E-state index is -0.173. The SMILES string of the molecule is Cc1[nH]ncc1CCCNC(=O)NC(C)c1ccc2c(c1)OCCCO2.